The second-order valence-electron chi connectivity index (χ2n) is 6.25. The third-order valence-electron chi connectivity index (χ3n) is 4.38. The van der Waals surface area contributed by atoms with Crippen LogP contribution in [0.2, 0.25) is 0 Å². The Hall–Kier alpha value is -2.60. The van der Waals surface area contributed by atoms with E-state index in [1.165, 1.54) is 23.8 Å². The lowest BCUT2D eigenvalue weighted by Gasteiger charge is -2.13. The van der Waals surface area contributed by atoms with Gasteiger partial charge in [-0.15, -0.1) is 11.3 Å². The molecule has 0 bridgehead atoms. The van der Waals surface area contributed by atoms with Gasteiger partial charge in [0.05, 0.1) is 17.6 Å². The predicted octanol–water partition coefficient (Wildman–Crippen LogP) is 5.15. The van der Waals surface area contributed by atoms with E-state index in [0.29, 0.717) is 10.4 Å². The Morgan fingerprint density at radius 1 is 1.04 bits per heavy atom. The van der Waals surface area contributed by atoms with E-state index in [4.69, 9.17) is 5.10 Å². The SMILES string of the molecule is Fc1ccccc1-c1csc(=Nc2cccnc2)n1N=C1CCCCC1. The molecule has 0 unspecified atom stereocenters. The molecule has 1 fully saturated rings. The molecule has 4 nitrogen and oxygen atoms in total. The van der Waals surface area contributed by atoms with Crippen LogP contribution >= 0.6 is 11.3 Å². The van der Waals surface area contributed by atoms with E-state index >= 15 is 0 Å². The van der Waals surface area contributed by atoms with E-state index < -0.39 is 0 Å². The van der Waals surface area contributed by atoms with Crippen molar-refractivity contribution in [3.8, 4) is 11.3 Å². The average Bonchev–Trinajstić information content (AvgIpc) is 3.06. The van der Waals surface area contributed by atoms with Gasteiger partial charge in [0.15, 0.2) is 0 Å². The first-order valence-electron chi connectivity index (χ1n) is 8.78. The molecule has 26 heavy (non-hydrogen) atoms. The maximum Gasteiger partial charge on any atom is 0.211 e. The van der Waals surface area contributed by atoms with Gasteiger partial charge in [0.2, 0.25) is 4.80 Å². The standard InChI is InChI=1S/C20H19FN4S/c21-18-11-5-4-10-17(18)19-14-26-20(23-16-9-6-12-22-13-16)25(19)24-15-7-2-1-3-8-15/h4-6,9-14H,1-3,7-8H2. The molecule has 0 spiro atoms. The number of aromatic nitrogens is 2. The van der Waals surface area contributed by atoms with E-state index in [1.54, 1.807) is 29.2 Å². The Labute approximate surface area is 155 Å². The summed E-state index contributed by atoms with van der Waals surface area (Å²) in [5.41, 5.74) is 3.18. The Balaban J connectivity index is 1.88. The third-order valence-corrected chi connectivity index (χ3v) is 5.19. The monoisotopic (exact) mass is 366 g/mol. The zero-order chi connectivity index (χ0) is 17.8. The predicted molar refractivity (Wildman–Crippen MR) is 103 cm³/mol. The Bertz CT molecular complexity index is 980. The molecule has 0 aliphatic heterocycles. The summed E-state index contributed by atoms with van der Waals surface area (Å²) in [5, 5.41) is 6.77. The quantitative estimate of drug-likeness (QED) is 0.632. The van der Waals surface area contributed by atoms with Gasteiger partial charge in [0, 0.05) is 22.9 Å². The number of thiazole rings is 1. The largest absolute Gasteiger partial charge is 0.262 e. The summed E-state index contributed by atoms with van der Waals surface area (Å²) in [6.07, 6.45) is 8.98. The van der Waals surface area contributed by atoms with Gasteiger partial charge in [-0.1, -0.05) is 18.6 Å². The van der Waals surface area contributed by atoms with Crippen molar-refractivity contribution in [1.82, 2.24) is 9.66 Å². The minimum absolute atomic E-state index is 0.254. The third kappa shape index (κ3) is 3.65. The Morgan fingerprint density at radius 2 is 1.88 bits per heavy atom. The van der Waals surface area contributed by atoms with E-state index in [2.05, 4.69) is 9.98 Å². The maximum atomic E-state index is 14.4. The van der Waals surface area contributed by atoms with Crippen molar-refractivity contribution >= 4 is 22.7 Å². The van der Waals surface area contributed by atoms with Crippen molar-refractivity contribution in [2.24, 2.45) is 10.1 Å². The van der Waals surface area contributed by atoms with Crippen molar-refractivity contribution in [2.75, 3.05) is 0 Å². The summed E-state index contributed by atoms with van der Waals surface area (Å²) >= 11 is 1.46. The second kappa shape index (κ2) is 7.74. The first-order valence-corrected chi connectivity index (χ1v) is 9.66. The first-order chi connectivity index (χ1) is 12.8. The maximum absolute atomic E-state index is 14.4. The highest BCUT2D eigenvalue weighted by Gasteiger charge is 2.14. The van der Waals surface area contributed by atoms with Gasteiger partial charge < -0.3 is 0 Å². The fraction of sp³-hybridized carbons (Fsp3) is 0.250. The zero-order valence-corrected chi connectivity index (χ0v) is 15.1. The Morgan fingerprint density at radius 3 is 2.65 bits per heavy atom. The van der Waals surface area contributed by atoms with Gasteiger partial charge >= 0.3 is 0 Å². The Kier molecular flexibility index (Phi) is 5.02. The molecule has 1 aliphatic carbocycles. The summed E-state index contributed by atoms with van der Waals surface area (Å²) in [6.45, 7) is 0. The highest BCUT2D eigenvalue weighted by Crippen LogP contribution is 2.24. The average molecular weight is 366 g/mol. The molecule has 0 saturated heterocycles. The van der Waals surface area contributed by atoms with Crippen LogP contribution in [0, 0.1) is 5.82 Å². The minimum atomic E-state index is -0.254. The first kappa shape index (κ1) is 16.8. The molecule has 2 aromatic heterocycles. The van der Waals surface area contributed by atoms with E-state index in [9.17, 15) is 4.39 Å². The molecule has 0 atom stereocenters. The molecule has 0 amide bonds. The highest BCUT2D eigenvalue weighted by atomic mass is 32.1. The topological polar surface area (TPSA) is 42.5 Å². The van der Waals surface area contributed by atoms with Gasteiger partial charge in [-0.3, -0.25) is 4.98 Å². The molecule has 2 heterocycles. The number of rotatable bonds is 3. The smallest absolute Gasteiger partial charge is 0.211 e. The van der Waals surface area contributed by atoms with Crippen LogP contribution in [-0.4, -0.2) is 15.4 Å². The van der Waals surface area contributed by atoms with Crippen LogP contribution < -0.4 is 4.80 Å². The van der Waals surface area contributed by atoms with Crippen LogP contribution in [0.3, 0.4) is 0 Å². The molecule has 1 saturated carbocycles. The van der Waals surface area contributed by atoms with Crippen molar-refractivity contribution in [2.45, 2.75) is 32.1 Å². The van der Waals surface area contributed by atoms with Crippen LogP contribution in [0.4, 0.5) is 10.1 Å². The number of hydrogen-bond donors (Lipinski definition) is 0. The number of hydrogen-bond acceptors (Lipinski definition) is 4. The summed E-state index contributed by atoms with van der Waals surface area (Å²) in [7, 11) is 0. The van der Waals surface area contributed by atoms with Crippen molar-refractivity contribution in [3.63, 3.8) is 0 Å². The van der Waals surface area contributed by atoms with Gasteiger partial charge in [-0.05, 0) is 49.9 Å². The molecular formula is C20H19FN4S. The molecule has 132 valence electrons. The normalized spacial score (nSPS) is 15.3. The number of nitrogens with zero attached hydrogens (tertiary/aromatic N) is 4. The van der Waals surface area contributed by atoms with Crippen molar-refractivity contribution in [1.29, 1.82) is 0 Å². The highest BCUT2D eigenvalue weighted by molar-refractivity contribution is 7.07. The fourth-order valence-corrected chi connectivity index (χ4v) is 3.90. The van der Waals surface area contributed by atoms with Crippen LogP contribution in [-0.2, 0) is 0 Å². The molecule has 1 aromatic carbocycles. The molecule has 1 aliphatic rings. The van der Waals surface area contributed by atoms with Crippen molar-refractivity contribution in [3.05, 3.63) is 64.8 Å². The van der Waals surface area contributed by atoms with Gasteiger partial charge in [-0.25, -0.2) is 14.1 Å². The van der Waals surface area contributed by atoms with E-state index in [0.717, 1.165) is 42.8 Å². The summed E-state index contributed by atoms with van der Waals surface area (Å²) in [4.78, 5) is 9.50. The molecule has 4 rings (SSSR count). The number of pyridine rings is 1. The van der Waals surface area contributed by atoms with Crippen LogP contribution in [0.5, 0.6) is 0 Å². The zero-order valence-electron chi connectivity index (χ0n) is 14.3. The number of benzene rings is 1. The van der Waals surface area contributed by atoms with Gasteiger partial charge in [0.25, 0.3) is 0 Å². The van der Waals surface area contributed by atoms with E-state index in [-0.39, 0.29) is 5.82 Å². The lowest BCUT2D eigenvalue weighted by atomic mass is 9.99. The van der Waals surface area contributed by atoms with Crippen LogP contribution in [0.1, 0.15) is 32.1 Å². The van der Waals surface area contributed by atoms with Crippen LogP contribution in [0.25, 0.3) is 11.3 Å². The molecular weight excluding hydrogens is 347 g/mol. The summed E-state index contributed by atoms with van der Waals surface area (Å²) in [5.74, 6) is -0.254. The molecule has 0 N–H and O–H groups in total. The summed E-state index contributed by atoms with van der Waals surface area (Å²) < 4.78 is 16.2. The molecule has 0 radical (unpaired) electrons. The fourth-order valence-electron chi connectivity index (χ4n) is 3.06. The van der Waals surface area contributed by atoms with E-state index in [1.807, 2.05) is 23.6 Å². The van der Waals surface area contributed by atoms with Gasteiger partial charge in [-0.2, -0.15) is 5.10 Å². The second-order valence-corrected chi connectivity index (χ2v) is 7.08. The number of halogens is 1. The minimum Gasteiger partial charge on any atom is -0.262 e. The lowest BCUT2D eigenvalue weighted by Crippen LogP contribution is -2.16. The van der Waals surface area contributed by atoms with Gasteiger partial charge in [0.1, 0.15) is 5.82 Å². The van der Waals surface area contributed by atoms with Crippen molar-refractivity contribution < 1.29 is 4.39 Å². The molecule has 6 heteroatoms. The lowest BCUT2D eigenvalue weighted by molar-refractivity contribution is 0.628. The summed E-state index contributed by atoms with van der Waals surface area (Å²) in [6, 6.07) is 10.5. The molecule has 3 aromatic rings. The van der Waals surface area contributed by atoms with Crippen LogP contribution in [0.15, 0.2) is 64.3 Å².